The number of aromatic hydroxyl groups is 1. The molecule has 7 rings (SSSR count). The van der Waals surface area contributed by atoms with E-state index in [0.717, 1.165) is 11.0 Å². The van der Waals surface area contributed by atoms with Gasteiger partial charge in [0.1, 0.15) is 22.9 Å². The van der Waals surface area contributed by atoms with Crippen LogP contribution in [-0.2, 0) is 19.2 Å². The SMILES string of the molecule is COc1cc(O)c(C2C3=CCC4C(=O)N(c5ccc(C)c(Cl)c5)C(=O)C4C3CC3(Cl)C(=O)N(c4c(F)c(F)c(F)c(F)c4F)C(=O)C23Cl)c(OC)c1. The van der Waals surface area contributed by atoms with Gasteiger partial charge in [-0.15, -0.1) is 23.2 Å². The van der Waals surface area contributed by atoms with Crippen molar-refractivity contribution in [3.63, 3.8) is 0 Å². The molecule has 2 saturated heterocycles. The lowest BCUT2D eigenvalue weighted by molar-refractivity contribution is -0.125. The second-order valence-electron chi connectivity index (χ2n) is 12.9. The van der Waals surface area contributed by atoms with Crippen LogP contribution in [0.3, 0.4) is 0 Å². The summed E-state index contributed by atoms with van der Waals surface area (Å²) < 4.78 is 84.4. The highest BCUT2D eigenvalue weighted by Gasteiger charge is 2.77. The van der Waals surface area contributed by atoms with Gasteiger partial charge >= 0.3 is 0 Å². The summed E-state index contributed by atoms with van der Waals surface area (Å²) in [4.78, 5) is 52.1. The average Bonchev–Trinajstić information content (AvgIpc) is 3.45. The lowest BCUT2D eigenvalue weighted by atomic mass is 9.56. The number of phenolic OH excluding ortho intramolecular Hbond substituents is 1. The second kappa shape index (κ2) is 12.1. The monoisotopic (exact) mass is 784 g/mol. The van der Waals surface area contributed by atoms with E-state index in [4.69, 9.17) is 44.3 Å². The van der Waals surface area contributed by atoms with Crippen LogP contribution in [0, 0.1) is 53.8 Å². The van der Waals surface area contributed by atoms with Gasteiger partial charge in [0, 0.05) is 28.6 Å². The minimum absolute atomic E-state index is 0.0599. The van der Waals surface area contributed by atoms with E-state index in [0.29, 0.717) is 5.56 Å². The van der Waals surface area contributed by atoms with Crippen molar-refractivity contribution >= 4 is 69.8 Å². The smallest absolute Gasteiger partial charge is 0.258 e. The number of alkyl halides is 2. The number of imide groups is 2. The van der Waals surface area contributed by atoms with E-state index >= 15 is 8.78 Å². The Morgan fingerprint density at radius 1 is 0.827 bits per heavy atom. The van der Waals surface area contributed by atoms with Gasteiger partial charge in [0.2, 0.25) is 17.6 Å². The van der Waals surface area contributed by atoms with E-state index in [1.807, 2.05) is 0 Å². The maximum Gasteiger partial charge on any atom is 0.258 e. The summed E-state index contributed by atoms with van der Waals surface area (Å²) in [5.74, 6) is -23.2. The van der Waals surface area contributed by atoms with Crippen molar-refractivity contribution in [2.24, 2.45) is 17.8 Å². The van der Waals surface area contributed by atoms with E-state index < -0.39 is 104 Å². The van der Waals surface area contributed by atoms with E-state index in [9.17, 15) is 37.5 Å². The topological polar surface area (TPSA) is 113 Å². The van der Waals surface area contributed by atoms with E-state index in [1.54, 1.807) is 13.0 Å². The largest absolute Gasteiger partial charge is 0.507 e. The highest BCUT2D eigenvalue weighted by Crippen LogP contribution is 2.67. The lowest BCUT2D eigenvalue weighted by Crippen LogP contribution is -2.60. The minimum Gasteiger partial charge on any atom is -0.507 e. The summed E-state index contributed by atoms with van der Waals surface area (Å²) in [6.07, 6.45) is 0.660. The van der Waals surface area contributed by atoms with Gasteiger partial charge < -0.3 is 14.6 Å². The predicted octanol–water partition coefficient (Wildman–Crippen LogP) is 6.83. The summed E-state index contributed by atoms with van der Waals surface area (Å²) in [5, 5.41) is 11.7. The lowest BCUT2D eigenvalue weighted by Gasteiger charge is -2.50. The molecule has 52 heavy (non-hydrogen) atoms. The molecule has 272 valence electrons. The fraction of sp³-hybridized carbons (Fsp3) is 0.314. The van der Waals surface area contributed by atoms with Gasteiger partial charge in [-0.1, -0.05) is 29.3 Å². The fourth-order valence-electron chi connectivity index (χ4n) is 8.02. The molecule has 1 saturated carbocycles. The number of phenols is 1. The van der Waals surface area contributed by atoms with Crippen molar-refractivity contribution in [2.75, 3.05) is 24.0 Å². The number of amides is 4. The molecule has 4 aliphatic rings. The van der Waals surface area contributed by atoms with Crippen LogP contribution in [0.5, 0.6) is 17.2 Å². The standard InChI is InChI=1S/C35H24Cl3F5N2O7/c1-12-4-5-13(8-18(12)36)44-30(47)16-7-6-15-17(21(16)31(44)48)11-34(37)32(49)45(29-27(42)25(40)24(39)26(41)28(29)43)33(50)35(34,38)23(15)22-19(46)9-14(51-2)10-20(22)52-3/h4-6,8-10,16-17,21,23,46H,7,11H2,1-3H3. The van der Waals surface area contributed by atoms with Crippen LogP contribution in [0.25, 0.3) is 0 Å². The number of ether oxygens (including phenoxy) is 2. The number of rotatable bonds is 5. The Labute approximate surface area is 306 Å². The predicted molar refractivity (Wildman–Crippen MR) is 176 cm³/mol. The Morgan fingerprint density at radius 3 is 2.06 bits per heavy atom. The quantitative estimate of drug-likeness (QED) is 0.0754. The Hall–Kier alpha value is -4.40. The number of nitrogens with zero attached hydrogens (tertiary/aromatic N) is 2. The summed E-state index contributed by atoms with van der Waals surface area (Å²) in [6, 6.07) is 6.94. The number of hydrogen-bond donors (Lipinski definition) is 1. The molecule has 0 aromatic heterocycles. The van der Waals surface area contributed by atoms with Gasteiger partial charge in [0.15, 0.2) is 33.0 Å². The molecule has 4 amide bonds. The molecule has 6 atom stereocenters. The third kappa shape index (κ3) is 4.52. The molecular weight excluding hydrogens is 762 g/mol. The number of carbonyl (C=O) groups excluding carboxylic acids is 4. The zero-order valence-electron chi connectivity index (χ0n) is 27.0. The number of benzene rings is 3. The van der Waals surface area contributed by atoms with Crippen LogP contribution in [0.1, 0.15) is 29.9 Å². The minimum atomic E-state index is -2.86. The number of anilines is 2. The zero-order chi connectivity index (χ0) is 37.9. The average molecular weight is 786 g/mol. The third-order valence-electron chi connectivity index (χ3n) is 10.5. The molecule has 0 radical (unpaired) electrons. The van der Waals surface area contributed by atoms with Gasteiger partial charge in [-0.3, -0.25) is 19.2 Å². The molecule has 0 spiro atoms. The van der Waals surface area contributed by atoms with Crippen LogP contribution in [0.2, 0.25) is 5.02 Å². The number of carbonyl (C=O) groups is 4. The number of halogens is 8. The highest BCUT2D eigenvalue weighted by atomic mass is 35.5. The summed E-state index contributed by atoms with van der Waals surface area (Å²) in [6.45, 7) is 1.72. The number of methoxy groups -OCH3 is 2. The van der Waals surface area contributed by atoms with Crippen LogP contribution < -0.4 is 19.3 Å². The molecule has 9 nitrogen and oxygen atoms in total. The van der Waals surface area contributed by atoms with Crippen molar-refractivity contribution in [3.8, 4) is 17.2 Å². The molecule has 6 unspecified atom stereocenters. The van der Waals surface area contributed by atoms with Crippen LogP contribution in [-0.4, -0.2) is 52.7 Å². The maximum atomic E-state index is 15.3. The first kappa shape index (κ1) is 36.0. The van der Waals surface area contributed by atoms with Gasteiger partial charge in [-0.2, -0.15) is 0 Å². The first-order valence-electron chi connectivity index (χ1n) is 15.5. The van der Waals surface area contributed by atoms with Gasteiger partial charge in [-0.05, 0) is 43.4 Å². The second-order valence-corrected chi connectivity index (χ2v) is 14.5. The Balaban J connectivity index is 1.47. The van der Waals surface area contributed by atoms with Crippen LogP contribution >= 0.6 is 34.8 Å². The highest BCUT2D eigenvalue weighted by molar-refractivity contribution is 6.58. The number of allylic oxidation sites excluding steroid dienone is 2. The number of aryl methyl sites for hydroxylation is 1. The van der Waals surface area contributed by atoms with Crippen LogP contribution in [0.15, 0.2) is 42.0 Å². The number of fused-ring (bicyclic) bond motifs is 4. The summed E-state index contributed by atoms with van der Waals surface area (Å²) in [5.41, 5.74) is -1.26. The molecule has 2 aliphatic carbocycles. The molecular formula is C35H24Cl3F5N2O7. The Bertz CT molecular complexity index is 2170. The Kier molecular flexibility index (Phi) is 8.35. The first-order chi connectivity index (χ1) is 24.5. The first-order valence-corrected chi connectivity index (χ1v) is 16.7. The molecule has 3 aromatic rings. The van der Waals surface area contributed by atoms with Crippen molar-refractivity contribution in [3.05, 3.63) is 87.2 Å². The number of hydrogen-bond acceptors (Lipinski definition) is 7. The van der Waals surface area contributed by atoms with Crippen molar-refractivity contribution in [1.82, 2.24) is 0 Å². The normalized spacial score (nSPS) is 28.2. The van der Waals surface area contributed by atoms with Crippen molar-refractivity contribution < 1.29 is 55.7 Å². The summed E-state index contributed by atoms with van der Waals surface area (Å²) in [7, 11) is 2.46. The third-order valence-corrected chi connectivity index (χ3v) is 12.3. The van der Waals surface area contributed by atoms with Gasteiger partial charge in [-0.25, -0.2) is 31.8 Å². The summed E-state index contributed by atoms with van der Waals surface area (Å²) >= 11 is 20.6. The van der Waals surface area contributed by atoms with E-state index in [2.05, 4.69) is 0 Å². The molecule has 17 heteroatoms. The van der Waals surface area contributed by atoms with Crippen molar-refractivity contribution in [1.29, 1.82) is 0 Å². The molecule has 3 fully saturated rings. The molecule has 2 aliphatic heterocycles. The fourth-order valence-corrected chi connectivity index (χ4v) is 9.12. The van der Waals surface area contributed by atoms with Gasteiger partial charge in [0.05, 0.1) is 31.7 Å². The maximum absolute atomic E-state index is 15.3. The van der Waals surface area contributed by atoms with E-state index in [-0.39, 0.29) is 44.7 Å². The van der Waals surface area contributed by atoms with Gasteiger partial charge in [0.25, 0.3) is 11.8 Å². The van der Waals surface area contributed by atoms with E-state index in [1.165, 1.54) is 38.5 Å². The Morgan fingerprint density at radius 2 is 1.46 bits per heavy atom. The molecule has 0 bridgehead atoms. The zero-order valence-corrected chi connectivity index (χ0v) is 29.3. The van der Waals surface area contributed by atoms with Crippen LogP contribution in [0.4, 0.5) is 33.3 Å². The molecule has 3 aromatic carbocycles. The molecule has 1 N–H and O–H groups in total. The van der Waals surface area contributed by atoms with Crippen molar-refractivity contribution in [2.45, 2.75) is 35.4 Å². The molecule has 2 heterocycles.